The summed E-state index contributed by atoms with van der Waals surface area (Å²) in [5, 5.41) is 2.18. The Bertz CT molecular complexity index is 1010. The van der Waals surface area contributed by atoms with Gasteiger partial charge in [0.25, 0.3) is 0 Å². The van der Waals surface area contributed by atoms with Crippen LogP contribution >= 0.6 is 11.3 Å². The van der Waals surface area contributed by atoms with E-state index in [-0.39, 0.29) is 23.9 Å². The van der Waals surface area contributed by atoms with E-state index in [0.717, 1.165) is 25.8 Å². The molecule has 0 radical (unpaired) electrons. The van der Waals surface area contributed by atoms with E-state index >= 15 is 0 Å². The Morgan fingerprint density at radius 3 is 2.58 bits per heavy atom. The molecule has 1 saturated carbocycles. The number of amides is 2. The Hall–Kier alpha value is -2.18. The molecule has 5 nitrogen and oxygen atoms in total. The predicted octanol–water partition coefficient (Wildman–Crippen LogP) is 4.25. The molecular weight excluding hydrogens is 430 g/mol. The molecule has 176 valence electrons. The fraction of sp³-hybridized carbons (Fsp3) is 0.556. The molecule has 2 fully saturated rings. The number of hydrogen-bond acceptors (Lipinski definition) is 4. The third-order valence-electron chi connectivity index (χ3n) is 7.85. The summed E-state index contributed by atoms with van der Waals surface area (Å²) in [6.45, 7) is 7.54. The second kappa shape index (κ2) is 9.59. The molecule has 1 aliphatic carbocycles. The molecule has 1 aromatic heterocycles. The van der Waals surface area contributed by atoms with E-state index in [1.807, 2.05) is 21.1 Å². The largest absolute Gasteiger partial charge is 0.338 e. The number of rotatable bonds is 4. The lowest BCUT2D eigenvalue weighted by Crippen LogP contribution is -2.58. The van der Waals surface area contributed by atoms with Gasteiger partial charge in [-0.2, -0.15) is 0 Å². The second-order valence-corrected chi connectivity index (χ2v) is 11.0. The van der Waals surface area contributed by atoms with Gasteiger partial charge in [0.2, 0.25) is 11.8 Å². The van der Waals surface area contributed by atoms with Crippen LogP contribution in [0.3, 0.4) is 0 Å². The molecule has 1 saturated heterocycles. The molecule has 2 aromatic rings. The van der Waals surface area contributed by atoms with E-state index in [0.29, 0.717) is 32.1 Å². The van der Waals surface area contributed by atoms with Crippen LogP contribution in [0, 0.1) is 12.8 Å². The smallest absolute Gasteiger partial charge is 0.236 e. The molecule has 3 aliphatic rings. The number of hydrogen-bond donors (Lipinski definition) is 0. The molecule has 2 atom stereocenters. The zero-order chi connectivity index (χ0) is 22.9. The van der Waals surface area contributed by atoms with Crippen LogP contribution in [-0.4, -0.2) is 65.3 Å². The Kier molecular flexibility index (Phi) is 6.57. The van der Waals surface area contributed by atoms with Gasteiger partial charge in [0.05, 0.1) is 12.6 Å². The zero-order valence-electron chi connectivity index (χ0n) is 19.8. The summed E-state index contributed by atoms with van der Waals surface area (Å²) in [4.78, 5) is 34.2. The van der Waals surface area contributed by atoms with Gasteiger partial charge < -0.3 is 9.80 Å². The first-order valence-corrected chi connectivity index (χ1v) is 13.3. The number of carbonyl (C=O) groups excluding carboxylic acids is 2. The van der Waals surface area contributed by atoms with E-state index in [2.05, 4.69) is 54.5 Å². The van der Waals surface area contributed by atoms with Crippen LogP contribution in [0.1, 0.15) is 60.2 Å². The number of nitrogens with zero attached hydrogens (tertiary/aromatic N) is 3. The van der Waals surface area contributed by atoms with Gasteiger partial charge in [-0.05, 0) is 61.2 Å². The number of benzene rings is 1. The lowest BCUT2D eigenvalue weighted by atomic mass is 9.90. The molecule has 2 aliphatic heterocycles. The van der Waals surface area contributed by atoms with Crippen LogP contribution in [0.15, 0.2) is 35.7 Å². The van der Waals surface area contributed by atoms with Gasteiger partial charge in [0.1, 0.15) is 0 Å². The summed E-state index contributed by atoms with van der Waals surface area (Å²) in [6, 6.07) is 11.0. The predicted molar refractivity (Wildman–Crippen MR) is 132 cm³/mol. The molecule has 6 heteroatoms. The topological polar surface area (TPSA) is 43.9 Å². The molecule has 0 bridgehead atoms. The van der Waals surface area contributed by atoms with Crippen molar-refractivity contribution in [3.05, 3.63) is 57.3 Å². The van der Waals surface area contributed by atoms with E-state index in [1.54, 1.807) is 0 Å². The number of aryl methyl sites for hydroxylation is 1. The minimum absolute atomic E-state index is 0.0906. The van der Waals surface area contributed by atoms with Crippen molar-refractivity contribution in [2.75, 3.05) is 32.7 Å². The molecule has 0 N–H and O–H groups in total. The molecule has 33 heavy (non-hydrogen) atoms. The first-order chi connectivity index (χ1) is 16.0. The van der Waals surface area contributed by atoms with Crippen molar-refractivity contribution < 1.29 is 9.59 Å². The highest BCUT2D eigenvalue weighted by Crippen LogP contribution is 2.38. The summed E-state index contributed by atoms with van der Waals surface area (Å²) in [5.41, 5.74) is 3.92. The minimum atomic E-state index is 0.0906. The standard InChI is InChI=1S/C27H35N3O2S/c1-19-7-3-6-10-22(19)26-23-12-16-33-24(23)11-13-29(26)18-25(31)28-14-15-30(20(2)17-28)27(32)21-8-4-5-9-21/h3,6-7,10,12,16,20-21,26H,4-5,8-9,11,13-15,17-18H2,1-2H3. The molecule has 0 spiro atoms. The Morgan fingerprint density at radius 2 is 1.82 bits per heavy atom. The number of thiophene rings is 1. The van der Waals surface area contributed by atoms with E-state index in [1.165, 1.54) is 34.4 Å². The monoisotopic (exact) mass is 465 g/mol. The molecule has 1 aromatic carbocycles. The van der Waals surface area contributed by atoms with Gasteiger partial charge in [0, 0.05) is 43.0 Å². The highest BCUT2D eigenvalue weighted by atomic mass is 32.1. The highest BCUT2D eigenvalue weighted by Gasteiger charge is 2.36. The number of fused-ring (bicyclic) bond motifs is 1. The van der Waals surface area contributed by atoms with Crippen LogP contribution in [0.25, 0.3) is 0 Å². The van der Waals surface area contributed by atoms with Gasteiger partial charge in [-0.1, -0.05) is 37.1 Å². The van der Waals surface area contributed by atoms with Gasteiger partial charge >= 0.3 is 0 Å². The van der Waals surface area contributed by atoms with Crippen LogP contribution in [0.2, 0.25) is 0 Å². The maximum atomic E-state index is 13.4. The van der Waals surface area contributed by atoms with Crippen molar-refractivity contribution in [1.29, 1.82) is 0 Å². The molecular formula is C27H35N3O2S. The van der Waals surface area contributed by atoms with Crippen LogP contribution in [0.5, 0.6) is 0 Å². The molecule has 2 unspecified atom stereocenters. The van der Waals surface area contributed by atoms with E-state index in [9.17, 15) is 9.59 Å². The van der Waals surface area contributed by atoms with E-state index < -0.39 is 0 Å². The van der Waals surface area contributed by atoms with Crippen molar-refractivity contribution in [2.45, 2.75) is 58.0 Å². The summed E-state index contributed by atoms with van der Waals surface area (Å²) in [6.07, 6.45) is 5.41. The summed E-state index contributed by atoms with van der Waals surface area (Å²) < 4.78 is 0. The average molecular weight is 466 g/mol. The van der Waals surface area contributed by atoms with Crippen LogP contribution < -0.4 is 0 Å². The highest BCUT2D eigenvalue weighted by molar-refractivity contribution is 7.10. The average Bonchev–Trinajstić information content (AvgIpc) is 3.51. The first-order valence-electron chi connectivity index (χ1n) is 12.5. The summed E-state index contributed by atoms with van der Waals surface area (Å²) in [5.74, 6) is 0.706. The summed E-state index contributed by atoms with van der Waals surface area (Å²) in [7, 11) is 0. The molecule has 5 rings (SSSR count). The van der Waals surface area contributed by atoms with Crippen molar-refractivity contribution >= 4 is 23.2 Å². The quantitative estimate of drug-likeness (QED) is 0.678. The fourth-order valence-electron chi connectivity index (χ4n) is 5.99. The first kappa shape index (κ1) is 22.6. The van der Waals surface area contributed by atoms with Gasteiger partial charge in [-0.15, -0.1) is 11.3 Å². The zero-order valence-corrected chi connectivity index (χ0v) is 20.7. The minimum Gasteiger partial charge on any atom is -0.338 e. The number of carbonyl (C=O) groups is 2. The lowest BCUT2D eigenvalue weighted by Gasteiger charge is -2.42. The van der Waals surface area contributed by atoms with Gasteiger partial charge in [0.15, 0.2) is 0 Å². The molecule has 3 heterocycles. The lowest BCUT2D eigenvalue weighted by molar-refractivity contribution is -0.145. The normalized spacial score (nSPS) is 24.2. The fourth-order valence-corrected chi connectivity index (χ4v) is 6.89. The van der Waals surface area contributed by atoms with E-state index in [4.69, 9.17) is 0 Å². The van der Waals surface area contributed by atoms with Gasteiger partial charge in [-0.3, -0.25) is 14.5 Å². The molecule has 2 amide bonds. The Morgan fingerprint density at radius 1 is 1.03 bits per heavy atom. The third kappa shape index (κ3) is 4.47. The SMILES string of the molecule is Cc1ccccc1C1c2ccsc2CCN1CC(=O)N1CCN(C(=O)C2CCCC2)C(C)C1. The Balaban J connectivity index is 1.28. The second-order valence-electron chi connectivity index (χ2n) is 9.98. The summed E-state index contributed by atoms with van der Waals surface area (Å²) >= 11 is 1.83. The maximum absolute atomic E-state index is 13.4. The van der Waals surface area contributed by atoms with Crippen LogP contribution in [-0.2, 0) is 16.0 Å². The number of piperazine rings is 1. The van der Waals surface area contributed by atoms with Crippen molar-refractivity contribution in [1.82, 2.24) is 14.7 Å². The Labute approximate surface area is 201 Å². The van der Waals surface area contributed by atoms with Crippen LogP contribution in [0.4, 0.5) is 0 Å². The van der Waals surface area contributed by atoms with Crippen molar-refractivity contribution in [3.8, 4) is 0 Å². The third-order valence-corrected chi connectivity index (χ3v) is 8.85. The van der Waals surface area contributed by atoms with Crippen molar-refractivity contribution in [3.63, 3.8) is 0 Å². The maximum Gasteiger partial charge on any atom is 0.236 e. The van der Waals surface area contributed by atoms with Gasteiger partial charge in [-0.25, -0.2) is 0 Å². The van der Waals surface area contributed by atoms with Crippen molar-refractivity contribution in [2.24, 2.45) is 5.92 Å².